The number of carbonyl (C=O) groups is 2. The minimum Gasteiger partial charge on any atom is -0.454 e. The van der Waals surface area contributed by atoms with Gasteiger partial charge in [0.05, 0.1) is 22.7 Å². The van der Waals surface area contributed by atoms with Gasteiger partial charge < -0.3 is 15.0 Å². The number of nitrogens with one attached hydrogen (secondary N) is 2. The molecule has 1 aliphatic heterocycles. The second-order valence-corrected chi connectivity index (χ2v) is 9.68. The quantitative estimate of drug-likeness (QED) is 0.402. The number of nitrogens with zero attached hydrogens (tertiary/aromatic N) is 1. The van der Waals surface area contributed by atoms with Crippen LogP contribution in [0.4, 0.5) is 5.69 Å². The van der Waals surface area contributed by atoms with E-state index in [9.17, 15) is 14.4 Å². The molecule has 7 nitrogen and oxygen atoms in total. The molecule has 0 unspecified atom stereocenters. The van der Waals surface area contributed by atoms with Crippen molar-refractivity contribution >= 4 is 50.9 Å². The van der Waals surface area contributed by atoms with Crippen LogP contribution in [0.3, 0.4) is 0 Å². The molecule has 0 fully saturated rings. The fourth-order valence-corrected chi connectivity index (χ4v) is 5.72. The molecule has 0 spiro atoms. The predicted octanol–water partition coefficient (Wildman–Crippen LogP) is 4.76. The molecule has 1 aliphatic rings. The number of fused-ring (bicyclic) bond motifs is 2. The minimum atomic E-state index is -0.763. The van der Waals surface area contributed by atoms with Crippen LogP contribution in [0.25, 0.3) is 21.3 Å². The Morgan fingerprint density at radius 3 is 2.70 bits per heavy atom. The molecule has 0 radical (unpaired) electrons. The van der Waals surface area contributed by atoms with Gasteiger partial charge in [0, 0.05) is 15.8 Å². The number of carbonyl (C=O) groups excluding carboxylic acids is 2. The summed E-state index contributed by atoms with van der Waals surface area (Å²) < 4.78 is 5.51. The van der Waals surface area contributed by atoms with Crippen LogP contribution >= 0.6 is 23.1 Å². The zero-order valence-electron chi connectivity index (χ0n) is 17.5. The van der Waals surface area contributed by atoms with Gasteiger partial charge in [-0.1, -0.05) is 42.5 Å². The number of aromatic amines is 1. The SMILES string of the molecule is C[C@H](OC(=O)C[C@H]1Sc2ccccc2NC1=O)c1nc2scc(-c3ccccc3)c2c(=O)[nH]1. The molecule has 3 heterocycles. The van der Waals surface area contributed by atoms with Gasteiger partial charge in [-0.25, -0.2) is 4.98 Å². The number of benzene rings is 2. The normalized spacial score (nSPS) is 16.2. The molecule has 0 saturated heterocycles. The van der Waals surface area contributed by atoms with E-state index in [1.807, 2.05) is 60.0 Å². The van der Waals surface area contributed by atoms with E-state index >= 15 is 0 Å². The highest BCUT2D eigenvalue weighted by Gasteiger charge is 2.30. The van der Waals surface area contributed by atoms with Gasteiger partial charge >= 0.3 is 5.97 Å². The van der Waals surface area contributed by atoms with E-state index in [1.165, 1.54) is 23.1 Å². The van der Waals surface area contributed by atoms with E-state index in [0.29, 0.717) is 10.2 Å². The molecular formula is C24H19N3O4S2. The van der Waals surface area contributed by atoms with Crippen LogP contribution < -0.4 is 10.9 Å². The number of H-pyrrole nitrogens is 1. The Balaban J connectivity index is 1.31. The van der Waals surface area contributed by atoms with Crippen molar-refractivity contribution in [2.75, 3.05) is 5.32 Å². The Morgan fingerprint density at radius 2 is 1.88 bits per heavy atom. The average Bonchev–Trinajstić information content (AvgIpc) is 3.25. The number of hydrogen-bond donors (Lipinski definition) is 2. The highest BCUT2D eigenvalue weighted by Crippen LogP contribution is 2.37. The molecule has 9 heteroatoms. The largest absolute Gasteiger partial charge is 0.454 e. The molecular weight excluding hydrogens is 458 g/mol. The molecule has 2 aromatic heterocycles. The summed E-state index contributed by atoms with van der Waals surface area (Å²) >= 11 is 2.70. The number of aromatic nitrogens is 2. The first kappa shape index (κ1) is 21.4. The molecule has 4 aromatic rings. The number of rotatable bonds is 5. The lowest BCUT2D eigenvalue weighted by molar-refractivity contribution is -0.149. The fourth-order valence-electron chi connectivity index (χ4n) is 3.67. The van der Waals surface area contributed by atoms with Crippen molar-refractivity contribution in [2.45, 2.75) is 29.6 Å². The number of amides is 1. The Labute approximate surface area is 197 Å². The monoisotopic (exact) mass is 477 g/mol. The number of thioether (sulfide) groups is 1. The van der Waals surface area contributed by atoms with Gasteiger partial charge in [0.15, 0.2) is 11.9 Å². The first-order valence-corrected chi connectivity index (χ1v) is 12.1. The van der Waals surface area contributed by atoms with E-state index in [-0.39, 0.29) is 23.7 Å². The number of anilines is 1. The van der Waals surface area contributed by atoms with Gasteiger partial charge in [-0.15, -0.1) is 23.1 Å². The Hall–Kier alpha value is -3.43. The highest BCUT2D eigenvalue weighted by atomic mass is 32.2. The van der Waals surface area contributed by atoms with Crippen molar-refractivity contribution < 1.29 is 14.3 Å². The third-order valence-electron chi connectivity index (χ3n) is 5.30. The molecule has 2 atom stereocenters. The number of para-hydroxylation sites is 1. The van der Waals surface area contributed by atoms with E-state index in [4.69, 9.17) is 4.74 Å². The summed E-state index contributed by atoms with van der Waals surface area (Å²) in [6.07, 6.45) is -0.848. The Bertz CT molecular complexity index is 1410. The maximum atomic E-state index is 12.8. The Kier molecular flexibility index (Phi) is 5.74. The van der Waals surface area contributed by atoms with Gasteiger partial charge in [-0.05, 0) is 24.6 Å². The molecule has 166 valence electrons. The van der Waals surface area contributed by atoms with E-state index < -0.39 is 17.3 Å². The van der Waals surface area contributed by atoms with Crippen LogP contribution in [0.15, 0.2) is 69.7 Å². The zero-order valence-corrected chi connectivity index (χ0v) is 19.2. The third kappa shape index (κ3) is 4.29. The van der Waals surface area contributed by atoms with Crippen LogP contribution in [0.5, 0.6) is 0 Å². The predicted molar refractivity (Wildman–Crippen MR) is 130 cm³/mol. The maximum absolute atomic E-state index is 12.8. The summed E-state index contributed by atoms with van der Waals surface area (Å²) in [6.45, 7) is 1.65. The number of ether oxygens (including phenoxy) is 1. The van der Waals surface area contributed by atoms with Crippen LogP contribution in [0, 0.1) is 0 Å². The third-order valence-corrected chi connectivity index (χ3v) is 7.45. The standard InChI is InChI=1S/C24H19N3O4S2/c1-13(31-19(28)11-18-22(29)25-16-9-5-6-10-17(16)33-18)21-26-23(30)20-15(12-32-24(20)27-21)14-7-3-2-4-8-14/h2-10,12-13,18H,11H2,1H3,(H,25,29)(H,26,27,30)/t13-,18+/m0/s1. The lowest BCUT2D eigenvalue weighted by Gasteiger charge is -2.23. The van der Waals surface area contributed by atoms with Gasteiger partial charge in [0.2, 0.25) is 5.91 Å². The van der Waals surface area contributed by atoms with Crippen molar-refractivity contribution in [3.63, 3.8) is 0 Å². The fraction of sp³-hybridized carbons (Fsp3) is 0.167. The van der Waals surface area contributed by atoms with Crippen molar-refractivity contribution in [1.29, 1.82) is 0 Å². The molecule has 2 aromatic carbocycles. The zero-order chi connectivity index (χ0) is 22.9. The first-order valence-electron chi connectivity index (χ1n) is 10.3. The highest BCUT2D eigenvalue weighted by molar-refractivity contribution is 8.01. The molecule has 1 amide bonds. The number of esters is 1. The molecule has 2 N–H and O–H groups in total. The van der Waals surface area contributed by atoms with Crippen LogP contribution in [0.1, 0.15) is 25.3 Å². The lowest BCUT2D eigenvalue weighted by atomic mass is 10.1. The summed E-state index contributed by atoms with van der Waals surface area (Å²) in [7, 11) is 0. The van der Waals surface area contributed by atoms with Crippen molar-refractivity contribution in [2.24, 2.45) is 0 Å². The van der Waals surface area contributed by atoms with Gasteiger partial charge in [-0.2, -0.15) is 0 Å². The van der Waals surface area contributed by atoms with Crippen LogP contribution in [-0.4, -0.2) is 27.1 Å². The van der Waals surface area contributed by atoms with Crippen LogP contribution in [0.2, 0.25) is 0 Å². The second-order valence-electron chi connectivity index (χ2n) is 7.57. The first-order chi connectivity index (χ1) is 16.0. The van der Waals surface area contributed by atoms with Crippen LogP contribution in [-0.2, 0) is 14.3 Å². The molecule has 5 rings (SSSR count). The van der Waals surface area contributed by atoms with E-state index in [1.54, 1.807) is 6.92 Å². The molecule has 0 aliphatic carbocycles. The van der Waals surface area contributed by atoms with Gasteiger partial charge in [0.1, 0.15) is 4.83 Å². The number of thiophene rings is 1. The van der Waals surface area contributed by atoms with Gasteiger partial charge in [-0.3, -0.25) is 14.4 Å². The van der Waals surface area contributed by atoms with Crippen molar-refractivity contribution in [3.05, 3.63) is 76.2 Å². The minimum absolute atomic E-state index is 0.0845. The smallest absolute Gasteiger partial charge is 0.308 e. The summed E-state index contributed by atoms with van der Waals surface area (Å²) in [6, 6.07) is 17.1. The van der Waals surface area contributed by atoms with Crippen molar-refractivity contribution in [1.82, 2.24) is 9.97 Å². The van der Waals surface area contributed by atoms with Crippen molar-refractivity contribution in [3.8, 4) is 11.1 Å². The number of hydrogen-bond acceptors (Lipinski definition) is 7. The second kappa shape index (κ2) is 8.84. The molecule has 0 bridgehead atoms. The summed E-state index contributed by atoms with van der Waals surface area (Å²) in [4.78, 5) is 46.5. The lowest BCUT2D eigenvalue weighted by Crippen LogP contribution is -2.31. The maximum Gasteiger partial charge on any atom is 0.308 e. The van der Waals surface area contributed by atoms with E-state index in [0.717, 1.165) is 21.7 Å². The molecule has 0 saturated carbocycles. The summed E-state index contributed by atoms with van der Waals surface area (Å²) in [5.41, 5.74) is 2.22. The summed E-state index contributed by atoms with van der Waals surface area (Å²) in [5, 5.41) is 4.65. The van der Waals surface area contributed by atoms with Gasteiger partial charge in [0.25, 0.3) is 5.56 Å². The molecule has 33 heavy (non-hydrogen) atoms. The topological polar surface area (TPSA) is 101 Å². The average molecular weight is 478 g/mol. The summed E-state index contributed by atoms with van der Waals surface area (Å²) in [5.74, 6) is -0.495. The Morgan fingerprint density at radius 1 is 1.12 bits per heavy atom. The van der Waals surface area contributed by atoms with E-state index in [2.05, 4.69) is 15.3 Å².